The first-order chi connectivity index (χ1) is 18.0. The van der Waals surface area contributed by atoms with Gasteiger partial charge in [-0.1, -0.05) is 31.2 Å². The number of ether oxygens (including phenoxy) is 1. The molecule has 196 valence electrons. The van der Waals surface area contributed by atoms with E-state index in [0.717, 1.165) is 35.8 Å². The number of pyridine rings is 1. The fraction of sp³-hybridized carbons (Fsp3) is 0.481. The van der Waals surface area contributed by atoms with Crippen molar-refractivity contribution in [3.63, 3.8) is 0 Å². The monoisotopic (exact) mass is 510 g/mol. The zero-order valence-corrected chi connectivity index (χ0v) is 20.9. The first-order valence-corrected chi connectivity index (χ1v) is 12.9. The molecule has 1 N–H and O–H groups in total. The summed E-state index contributed by atoms with van der Waals surface area (Å²) in [7, 11) is 0. The van der Waals surface area contributed by atoms with Crippen molar-refractivity contribution < 1.29 is 18.3 Å². The molecule has 1 aromatic carbocycles. The van der Waals surface area contributed by atoms with E-state index in [2.05, 4.69) is 51.4 Å². The molecule has 8 nitrogen and oxygen atoms in total. The van der Waals surface area contributed by atoms with Crippen LogP contribution in [0, 0.1) is 0 Å². The normalized spacial score (nSPS) is 19.5. The average Bonchev–Trinajstić information content (AvgIpc) is 2.95. The second-order valence-electron chi connectivity index (χ2n) is 9.57. The molecule has 2 aliphatic rings. The number of rotatable bonds is 7. The van der Waals surface area contributed by atoms with Gasteiger partial charge in [0.15, 0.2) is 5.82 Å². The van der Waals surface area contributed by atoms with E-state index in [-0.39, 0.29) is 19.7 Å². The van der Waals surface area contributed by atoms with E-state index in [4.69, 9.17) is 9.72 Å². The molecule has 2 saturated heterocycles. The summed E-state index contributed by atoms with van der Waals surface area (Å²) in [6.07, 6.45) is 2.14. The minimum absolute atomic E-state index is 0.0954. The topological polar surface area (TPSA) is 83.5 Å². The second kappa shape index (κ2) is 11.4. The number of morpholine rings is 1. The number of anilines is 1. The van der Waals surface area contributed by atoms with E-state index in [9.17, 15) is 13.6 Å². The van der Waals surface area contributed by atoms with Crippen molar-refractivity contribution in [1.29, 1.82) is 0 Å². The molecule has 0 bridgehead atoms. The lowest BCUT2D eigenvalue weighted by Gasteiger charge is -2.33. The van der Waals surface area contributed by atoms with Gasteiger partial charge in [0.05, 0.1) is 23.9 Å². The van der Waals surface area contributed by atoms with Crippen molar-refractivity contribution >= 4 is 22.8 Å². The van der Waals surface area contributed by atoms with Crippen molar-refractivity contribution in [2.24, 2.45) is 0 Å². The van der Waals surface area contributed by atoms with Gasteiger partial charge in [0.1, 0.15) is 5.52 Å². The van der Waals surface area contributed by atoms with E-state index in [1.165, 1.54) is 18.4 Å². The number of fused-ring (bicyclic) bond motifs is 1. The van der Waals surface area contributed by atoms with Crippen molar-refractivity contribution in [2.75, 3.05) is 51.2 Å². The maximum absolute atomic E-state index is 12.9. The van der Waals surface area contributed by atoms with Gasteiger partial charge < -0.3 is 19.9 Å². The highest BCUT2D eigenvalue weighted by Crippen LogP contribution is 2.31. The van der Waals surface area contributed by atoms with Gasteiger partial charge in [-0.25, -0.2) is 9.97 Å². The van der Waals surface area contributed by atoms with Crippen molar-refractivity contribution in [3.05, 3.63) is 48.3 Å². The predicted molar refractivity (Wildman–Crippen MR) is 138 cm³/mol. The number of nitrogens with zero attached hydrogens (tertiary/aromatic N) is 5. The Hall–Kier alpha value is -3.24. The Labute approximate surface area is 215 Å². The van der Waals surface area contributed by atoms with E-state index in [0.29, 0.717) is 29.3 Å². The molecule has 1 atom stereocenters. The van der Waals surface area contributed by atoms with Crippen LogP contribution >= 0.6 is 0 Å². The summed E-state index contributed by atoms with van der Waals surface area (Å²) in [6, 6.07) is 10.5. The number of amides is 1. The second-order valence-corrected chi connectivity index (χ2v) is 9.57. The molecule has 5 rings (SSSR count). The van der Waals surface area contributed by atoms with Crippen LogP contribution in [-0.4, -0.2) is 89.1 Å². The van der Waals surface area contributed by atoms with Gasteiger partial charge in [0, 0.05) is 37.6 Å². The lowest BCUT2D eigenvalue weighted by molar-refractivity contribution is -0.149. The molecule has 0 spiro atoms. The van der Waals surface area contributed by atoms with E-state index < -0.39 is 18.4 Å². The molecule has 37 heavy (non-hydrogen) atoms. The van der Waals surface area contributed by atoms with E-state index in [1.807, 2.05) is 6.07 Å². The molecule has 4 heterocycles. The molecule has 10 heteroatoms. The number of nitrogens with one attached hydrogen (secondary N) is 1. The largest absolute Gasteiger partial charge is 0.373 e. The van der Waals surface area contributed by atoms with Crippen LogP contribution in [0.5, 0.6) is 0 Å². The lowest BCUT2D eigenvalue weighted by Crippen LogP contribution is -2.49. The predicted octanol–water partition coefficient (Wildman–Crippen LogP) is 3.80. The van der Waals surface area contributed by atoms with Crippen LogP contribution < -0.4 is 5.32 Å². The third-order valence-corrected chi connectivity index (χ3v) is 7.30. The Kier molecular flexibility index (Phi) is 7.85. The number of carbonyl (C=O) groups excluding carboxylic acids is 1. The van der Waals surface area contributed by atoms with Crippen LogP contribution in [0.4, 0.5) is 14.6 Å². The van der Waals surface area contributed by atoms with E-state index in [1.54, 1.807) is 12.4 Å². The summed E-state index contributed by atoms with van der Waals surface area (Å²) in [4.78, 5) is 29.1. The van der Waals surface area contributed by atoms with Gasteiger partial charge >= 0.3 is 6.43 Å². The lowest BCUT2D eigenvalue weighted by atomic mass is 9.89. The fourth-order valence-corrected chi connectivity index (χ4v) is 5.14. The molecule has 1 unspecified atom stereocenters. The maximum Gasteiger partial charge on any atom is 0.315 e. The van der Waals surface area contributed by atoms with Crippen LogP contribution in [0.2, 0.25) is 0 Å². The van der Waals surface area contributed by atoms with Crippen molar-refractivity contribution in [1.82, 2.24) is 24.8 Å². The van der Waals surface area contributed by atoms with Gasteiger partial charge in [-0.15, -0.1) is 0 Å². The number of aromatic nitrogens is 3. The molecular formula is C27H32F2N6O2. The number of piperidine rings is 1. The highest BCUT2D eigenvalue weighted by molar-refractivity contribution is 5.88. The van der Waals surface area contributed by atoms with Gasteiger partial charge in [-0.05, 0) is 50.0 Å². The zero-order valence-electron chi connectivity index (χ0n) is 20.9. The summed E-state index contributed by atoms with van der Waals surface area (Å²) in [5.74, 6) is -0.0434. The van der Waals surface area contributed by atoms with Crippen LogP contribution in [0.3, 0.4) is 0 Å². The van der Waals surface area contributed by atoms with Crippen LogP contribution in [0.25, 0.3) is 22.3 Å². The van der Waals surface area contributed by atoms with E-state index >= 15 is 0 Å². The summed E-state index contributed by atoms with van der Waals surface area (Å²) in [5.41, 5.74) is 4.41. The Bertz CT molecular complexity index is 1220. The van der Waals surface area contributed by atoms with Gasteiger partial charge in [-0.3, -0.25) is 9.78 Å². The summed E-state index contributed by atoms with van der Waals surface area (Å²) < 4.78 is 31.4. The standard InChI is InChI=1S/C27H32F2N6O2/c1-2-34-11-7-19(8-12-34)18-3-5-20(6-4-18)22-15-23-24(31-10-9-30-23)26(33-22)32-16-21-17-35(13-14-37-21)27(36)25(28)29/h3-6,9-10,15,19,21,25H,2,7-8,11-14,16-17H2,1H3,(H,32,33). The Morgan fingerprint density at radius 3 is 2.62 bits per heavy atom. The number of hydrogen-bond acceptors (Lipinski definition) is 7. The molecule has 1 amide bonds. The maximum atomic E-state index is 12.9. The molecule has 0 radical (unpaired) electrons. The first kappa shape index (κ1) is 25.4. The molecular weight excluding hydrogens is 478 g/mol. The van der Waals surface area contributed by atoms with Crippen LogP contribution in [-0.2, 0) is 9.53 Å². The molecule has 2 aromatic heterocycles. The Morgan fingerprint density at radius 1 is 1.14 bits per heavy atom. The van der Waals surface area contributed by atoms with Crippen LogP contribution in [0.1, 0.15) is 31.2 Å². The van der Waals surface area contributed by atoms with Gasteiger partial charge in [-0.2, -0.15) is 8.78 Å². The SMILES string of the molecule is CCN1CCC(c2ccc(-c3cc4nccnc4c(NCC4CN(C(=O)C(F)F)CCO4)n3)cc2)CC1. The zero-order chi connectivity index (χ0) is 25.8. The Balaban J connectivity index is 1.32. The third-order valence-electron chi connectivity index (χ3n) is 7.30. The molecule has 2 aliphatic heterocycles. The fourth-order valence-electron chi connectivity index (χ4n) is 5.14. The quantitative estimate of drug-likeness (QED) is 0.518. The molecule has 0 saturated carbocycles. The first-order valence-electron chi connectivity index (χ1n) is 12.9. The van der Waals surface area contributed by atoms with Gasteiger partial charge in [0.25, 0.3) is 5.91 Å². The smallest absolute Gasteiger partial charge is 0.315 e. The molecule has 2 fully saturated rings. The number of hydrogen-bond donors (Lipinski definition) is 1. The highest BCUT2D eigenvalue weighted by Gasteiger charge is 2.29. The van der Waals surface area contributed by atoms with Crippen molar-refractivity contribution in [2.45, 2.75) is 38.2 Å². The third kappa shape index (κ3) is 5.86. The highest BCUT2D eigenvalue weighted by atomic mass is 19.3. The minimum atomic E-state index is -3.01. The summed E-state index contributed by atoms with van der Waals surface area (Å²) in [5, 5.41) is 3.26. The molecule has 3 aromatic rings. The van der Waals surface area contributed by atoms with Crippen LogP contribution in [0.15, 0.2) is 42.7 Å². The molecule has 0 aliphatic carbocycles. The van der Waals surface area contributed by atoms with Gasteiger partial charge in [0.2, 0.25) is 0 Å². The number of benzene rings is 1. The summed E-state index contributed by atoms with van der Waals surface area (Å²) >= 11 is 0. The number of likely N-dealkylation sites (tertiary alicyclic amines) is 1. The minimum Gasteiger partial charge on any atom is -0.373 e. The number of carbonyl (C=O) groups is 1. The van der Waals surface area contributed by atoms with Crippen molar-refractivity contribution in [3.8, 4) is 11.3 Å². The number of halogens is 2. The number of alkyl halides is 2. The summed E-state index contributed by atoms with van der Waals surface area (Å²) in [6.45, 7) is 6.37. The average molecular weight is 511 g/mol. The Morgan fingerprint density at radius 2 is 1.89 bits per heavy atom.